The second-order valence-electron chi connectivity index (χ2n) is 6.95. The van der Waals surface area contributed by atoms with Crippen LogP contribution in [0.4, 0.5) is 0 Å². The van der Waals surface area contributed by atoms with Gasteiger partial charge in [0.25, 0.3) is 0 Å². The number of likely N-dealkylation sites (tertiary alicyclic amines) is 1. The first-order chi connectivity index (χ1) is 12.5. The Morgan fingerprint density at radius 1 is 1.38 bits per heavy atom. The molecule has 0 radical (unpaired) electrons. The minimum atomic E-state index is -1.31. The lowest BCUT2D eigenvalue weighted by molar-refractivity contribution is -0.132. The first-order valence-corrected chi connectivity index (χ1v) is 9.29. The number of hydrogen-bond donors (Lipinski definition) is 2. The van der Waals surface area contributed by atoms with Crippen LogP contribution in [0.3, 0.4) is 0 Å². The van der Waals surface area contributed by atoms with Crippen molar-refractivity contribution >= 4 is 5.91 Å². The summed E-state index contributed by atoms with van der Waals surface area (Å²) >= 11 is 0. The van der Waals surface area contributed by atoms with Crippen molar-refractivity contribution < 1.29 is 19.7 Å². The van der Waals surface area contributed by atoms with Crippen molar-refractivity contribution in [1.29, 1.82) is 0 Å². The Morgan fingerprint density at radius 2 is 2.15 bits per heavy atom. The van der Waals surface area contributed by atoms with E-state index in [2.05, 4.69) is 13.5 Å². The quantitative estimate of drug-likeness (QED) is 0.768. The normalized spacial score (nSPS) is 23.7. The molecule has 0 saturated carbocycles. The van der Waals surface area contributed by atoms with Gasteiger partial charge in [0.1, 0.15) is 16.9 Å². The molecule has 2 N–H and O–H groups in total. The summed E-state index contributed by atoms with van der Waals surface area (Å²) in [6.07, 6.45) is 5.51. The third kappa shape index (κ3) is 2.62. The number of aliphatic hydroxyl groups excluding tert-OH is 1. The lowest BCUT2D eigenvalue weighted by atomic mass is 9.74. The number of benzene rings is 1. The number of amides is 1. The van der Waals surface area contributed by atoms with Gasteiger partial charge in [-0.2, -0.15) is 0 Å². The number of carbonyl (C=O) groups excluding carboxylic acids is 1. The van der Waals surface area contributed by atoms with Crippen LogP contribution in [0.1, 0.15) is 44.2 Å². The molecule has 2 aliphatic rings. The molecule has 5 heteroatoms. The van der Waals surface area contributed by atoms with Crippen molar-refractivity contribution in [1.82, 2.24) is 4.90 Å². The minimum Gasteiger partial charge on any atom is -0.507 e. The van der Waals surface area contributed by atoms with Gasteiger partial charge in [-0.1, -0.05) is 32.4 Å². The average molecular weight is 357 g/mol. The van der Waals surface area contributed by atoms with Gasteiger partial charge in [-0.15, -0.1) is 0 Å². The van der Waals surface area contributed by atoms with Crippen LogP contribution in [0.15, 0.2) is 36.1 Å². The molecule has 1 saturated heterocycles. The number of allylic oxidation sites excluding steroid dienone is 2. The number of phenols is 1. The van der Waals surface area contributed by atoms with Gasteiger partial charge >= 0.3 is 0 Å². The van der Waals surface area contributed by atoms with E-state index < -0.39 is 12.0 Å². The van der Waals surface area contributed by atoms with Crippen molar-refractivity contribution in [3.63, 3.8) is 0 Å². The number of aromatic hydroxyl groups is 1. The van der Waals surface area contributed by atoms with Crippen molar-refractivity contribution in [2.24, 2.45) is 0 Å². The highest BCUT2D eigenvalue weighted by Crippen LogP contribution is 2.49. The zero-order valence-electron chi connectivity index (χ0n) is 15.5. The van der Waals surface area contributed by atoms with E-state index in [1.165, 1.54) is 0 Å². The lowest BCUT2D eigenvalue weighted by Gasteiger charge is -2.28. The largest absolute Gasteiger partial charge is 0.507 e. The molecule has 5 nitrogen and oxygen atoms in total. The molecule has 3 rings (SSSR count). The van der Waals surface area contributed by atoms with Crippen LogP contribution in [-0.2, 0) is 16.6 Å². The summed E-state index contributed by atoms with van der Waals surface area (Å²) in [6, 6.07) is 3.36. The third-order valence-electron chi connectivity index (χ3n) is 5.49. The van der Waals surface area contributed by atoms with E-state index in [4.69, 9.17) is 4.74 Å². The van der Waals surface area contributed by atoms with Gasteiger partial charge in [-0.3, -0.25) is 4.79 Å². The summed E-state index contributed by atoms with van der Waals surface area (Å²) in [5.74, 6) is 0.393. The molecule has 1 aromatic rings. The molecule has 26 heavy (non-hydrogen) atoms. The van der Waals surface area contributed by atoms with Gasteiger partial charge < -0.3 is 19.8 Å². The number of fused-ring (bicyclic) bond motifs is 1. The van der Waals surface area contributed by atoms with E-state index in [0.717, 1.165) is 31.2 Å². The molecule has 140 valence electrons. The highest BCUT2D eigenvalue weighted by molar-refractivity contribution is 6.00. The number of rotatable bonds is 6. The van der Waals surface area contributed by atoms with Crippen LogP contribution < -0.4 is 4.74 Å². The number of aliphatic hydroxyl groups is 1. The van der Waals surface area contributed by atoms with Gasteiger partial charge in [-0.05, 0) is 30.5 Å². The van der Waals surface area contributed by atoms with Crippen molar-refractivity contribution in [3.05, 3.63) is 47.2 Å². The van der Waals surface area contributed by atoms with Gasteiger partial charge in [0.2, 0.25) is 5.91 Å². The van der Waals surface area contributed by atoms with Gasteiger partial charge in [0, 0.05) is 30.3 Å². The zero-order chi connectivity index (χ0) is 18.9. The molecule has 1 aromatic carbocycles. The number of hydrogen-bond acceptors (Lipinski definition) is 4. The second-order valence-corrected chi connectivity index (χ2v) is 6.95. The molecule has 1 amide bonds. The maximum absolute atomic E-state index is 13.4. The number of phenolic OH excluding ortho intramolecular Hbond substituents is 1. The first kappa shape index (κ1) is 18.5. The maximum Gasteiger partial charge on any atom is 0.244 e. The van der Waals surface area contributed by atoms with Crippen LogP contribution in [-0.4, -0.2) is 40.8 Å². The third-order valence-corrected chi connectivity index (χ3v) is 5.49. The number of carbonyl (C=O) groups is 1. The zero-order valence-corrected chi connectivity index (χ0v) is 15.5. The fourth-order valence-electron chi connectivity index (χ4n) is 4.08. The molecule has 1 fully saturated rings. The van der Waals surface area contributed by atoms with Crippen molar-refractivity contribution in [2.45, 2.75) is 44.9 Å². The fraction of sp³-hybridized carbons (Fsp3) is 0.476. The molecular weight excluding hydrogens is 330 g/mol. The van der Waals surface area contributed by atoms with Crippen LogP contribution >= 0.6 is 0 Å². The van der Waals surface area contributed by atoms with Gasteiger partial charge in [-0.25, -0.2) is 0 Å². The number of nitrogens with zero attached hydrogens (tertiary/aromatic N) is 1. The van der Waals surface area contributed by atoms with E-state index in [1.807, 2.05) is 13.0 Å². The topological polar surface area (TPSA) is 70.0 Å². The molecule has 1 atom stereocenters. The van der Waals surface area contributed by atoms with Crippen LogP contribution in [0.2, 0.25) is 0 Å². The SMILES string of the molecule is C=C1/C(=C\C)C(CO)(c2cc3c(cc2O)OCC3)C(=O)N1CCCCC. The summed E-state index contributed by atoms with van der Waals surface area (Å²) in [5, 5.41) is 21.0. The molecule has 0 aliphatic carbocycles. The molecule has 0 bridgehead atoms. The fourth-order valence-corrected chi connectivity index (χ4v) is 4.08. The number of unbranched alkanes of at least 4 members (excludes halogenated alkanes) is 2. The Hall–Kier alpha value is -2.27. The summed E-state index contributed by atoms with van der Waals surface area (Å²) in [5.41, 5.74) is 1.35. The van der Waals surface area contributed by atoms with Crippen LogP contribution in [0.5, 0.6) is 11.5 Å². The minimum absolute atomic E-state index is 0.0318. The van der Waals surface area contributed by atoms with Gasteiger partial charge in [0.15, 0.2) is 0 Å². The highest BCUT2D eigenvalue weighted by Gasteiger charge is 2.54. The maximum atomic E-state index is 13.4. The Labute approximate surface area is 154 Å². The van der Waals surface area contributed by atoms with Crippen molar-refractivity contribution in [3.8, 4) is 11.5 Å². The molecule has 2 heterocycles. The standard InChI is InChI=1S/C21H27NO4/c1-4-6-7-9-22-14(3)16(5-2)21(13-23,20(22)25)17-11-15-8-10-26-19(15)12-18(17)24/h5,11-12,23-24H,3-4,6-10,13H2,1-2H3/b16-5+. The molecule has 0 aromatic heterocycles. The van der Waals surface area contributed by atoms with E-state index in [0.29, 0.717) is 35.7 Å². The molecule has 2 aliphatic heterocycles. The predicted molar refractivity (Wildman–Crippen MR) is 100 cm³/mol. The Morgan fingerprint density at radius 3 is 2.81 bits per heavy atom. The summed E-state index contributed by atoms with van der Waals surface area (Å²) in [4.78, 5) is 15.1. The van der Waals surface area contributed by atoms with E-state index in [-0.39, 0.29) is 11.7 Å². The summed E-state index contributed by atoms with van der Waals surface area (Å²) < 4.78 is 5.50. The lowest BCUT2D eigenvalue weighted by Crippen LogP contribution is -2.42. The summed E-state index contributed by atoms with van der Waals surface area (Å²) in [7, 11) is 0. The first-order valence-electron chi connectivity index (χ1n) is 9.29. The molecule has 0 spiro atoms. The molecule has 1 unspecified atom stereocenters. The van der Waals surface area contributed by atoms with Crippen LogP contribution in [0.25, 0.3) is 0 Å². The second kappa shape index (κ2) is 7.16. The smallest absolute Gasteiger partial charge is 0.244 e. The van der Waals surface area contributed by atoms with E-state index in [9.17, 15) is 15.0 Å². The Kier molecular flexibility index (Phi) is 5.10. The predicted octanol–water partition coefficient (Wildman–Crippen LogP) is 3.05. The van der Waals surface area contributed by atoms with Crippen LogP contribution in [0, 0.1) is 0 Å². The monoisotopic (exact) mass is 357 g/mol. The van der Waals surface area contributed by atoms with E-state index >= 15 is 0 Å². The number of ether oxygens (including phenoxy) is 1. The Balaban J connectivity index is 2.10. The Bertz CT molecular complexity index is 768. The average Bonchev–Trinajstić information content (AvgIpc) is 3.16. The summed E-state index contributed by atoms with van der Waals surface area (Å²) in [6.45, 7) is 8.77. The van der Waals surface area contributed by atoms with Crippen molar-refractivity contribution in [2.75, 3.05) is 19.8 Å². The molecular formula is C21H27NO4. The van der Waals surface area contributed by atoms with E-state index in [1.54, 1.807) is 17.0 Å². The van der Waals surface area contributed by atoms with Gasteiger partial charge in [0.05, 0.1) is 13.2 Å². The highest BCUT2D eigenvalue weighted by atomic mass is 16.5.